The lowest BCUT2D eigenvalue weighted by molar-refractivity contribution is 0.305. The van der Waals surface area contributed by atoms with Gasteiger partial charge in [0.15, 0.2) is 0 Å². The molecule has 0 aliphatic carbocycles. The predicted octanol–water partition coefficient (Wildman–Crippen LogP) is 2.75. The van der Waals surface area contributed by atoms with Crippen LogP contribution >= 0.6 is 27.5 Å². The maximum Gasteiger partial charge on any atom is 0.0551 e. The summed E-state index contributed by atoms with van der Waals surface area (Å²) in [6.45, 7) is 5.88. The molecule has 0 saturated carbocycles. The van der Waals surface area contributed by atoms with E-state index in [4.69, 9.17) is 11.6 Å². The smallest absolute Gasteiger partial charge is 0.0551 e. The molecular weight excluding hydrogens is 300 g/mol. The van der Waals surface area contributed by atoms with E-state index >= 15 is 0 Å². The average molecular weight is 316 g/mol. The van der Waals surface area contributed by atoms with Crippen molar-refractivity contribution in [3.63, 3.8) is 0 Å². The Balaban J connectivity index is 1.65. The van der Waals surface area contributed by atoms with Crippen molar-refractivity contribution in [3.05, 3.63) is 33.3 Å². The topological polar surface area (TPSA) is 15.3 Å². The molecule has 1 aromatic rings. The van der Waals surface area contributed by atoms with E-state index in [2.05, 4.69) is 38.3 Å². The number of halogens is 2. The predicted molar refractivity (Wildman–Crippen MR) is 74.3 cm³/mol. The molecule has 2 fully saturated rings. The summed E-state index contributed by atoms with van der Waals surface area (Å²) < 4.78 is 0.977. The summed E-state index contributed by atoms with van der Waals surface area (Å²) in [5.41, 5.74) is 1.31. The van der Waals surface area contributed by atoms with E-state index in [1.54, 1.807) is 0 Å². The largest absolute Gasteiger partial charge is 0.316 e. The maximum atomic E-state index is 6.12. The van der Waals surface area contributed by atoms with E-state index in [0.29, 0.717) is 0 Å². The molecule has 4 heteroatoms. The highest BCUT2D eigenvalue weighted by Gasteiger charge is 2.35. The molecule has 2 saturated heterocycles. The number of nitrogens with zero attached hydrogens (tertiary/aromatic N) is 1. The summed E-state index contributed by atoms with van der Waals surface area (Å²) in [6, 6.07) is 6.26. The molecule has 2 atom stereocenters. The van der Waals surface area contributed by atoms with Crippen LogP contribution in [-0.2, 0) is 6.54 Å². The number of benzene rings is 1. The van der Waals surface area contributed by atoms with E-state index in [-0.39, 0.29) is 0 Å². The van der Waals surface area contributed by atoms with Crippen molar-refractivity contribution in [2.24, 2.45) is 11.8 Å². The minimum atomic E-state index is 0.809. The Bertz CT molecular complexity index is 412. The lowest BCUT2D eigenvalue weighted by Gasteiger charge is -2.17. The number of hydrogen-bond acceptors (Lipinski definition) is 2. The van der Waals surface area contributed by atoms with E-state index in [0.717, 1.165) is 27.9 Å². The van der Waals surface area contributed by atoms with Crippen LogP contribution in [0.2, 0.25) is 5.02 Å². The zero-order valence-corrected chi connectivity index (χ0v) is 12.0. The molecule has 17 heavy (non-hydrogen) atoms. The standard InChI is InChI=1S/C13H16BrClN2/c14-12-2-1-9(3-13(12)15)6-17-7-10-4-16-5-11(10)8-17/h1-3,10-11,16H,4-8H2. The summed E-state index contributed by atoms with van der Waals surface area (Å²) in [5, 5.41) is 4.28. The van der Waals surface area contributed by atoms with Gasteiger partial charge in [0.2, 0.25) is 0 Å². The molecule has 2 unspecified atom stereocenters. The van der Waals surface area contributed by atoms with Crippen LogP contribution in [0.25, 0.3) is 0 Å². The van der Waals surface area contributed by atoms with Crippen LogP contribution in [0.4, 0.5) is 0 Å². The number of rotatable bonds is 2. The van der Waals surface area contributed by atoms with Crippen molar-refractivity contribution in [3.8, 4) is 0 Å². The van der Waals surface area contributed by atoms with Gasteiger partial charge in [0.25, 0.3) is 0 Å². The minimum Gasteiger partial charge on any atom is -0.316 e. The third-order valence-electron chi connectivity index (χ3n) is 3.86. The summed E-state index contributed by atoms with van der Waals surface area (Å²) in [7, 11) is 0. The first-order chi connectivity index (χ1) is 8.22. The molecule has 2 aliphatic heterocycles. The highest BCUT2D eigenvalue weighted by atomic mass is 79.9. The molecule has 1 aromatic carbocycles. The molecule has 0 spiro atoms. The Labute approximate surface area is 115 Å². The average Bonchev–Trinajstić information content (AvgIpc) is 2.84. The quantitative estimate of drug-likeness (QED) is 0.903. The number of likely N-dealkylation sites (tertiary alicyclic amines) is 1. The summed E-state index contributed by atoms with van der Waals surface area (Å²) in [4.78, 5) is 2.55. The van der Waals surface area contributed by atoms with Crippen molar-refractivity contribution in [1.82, 2.24) is 10.2 Å². The van der Waals surface area contributed by atoms with E-state index in [1.165, 1.54) is 31.7 Å². The van der Waals surface area contributed by atoms with Gasteiger partial charge in [-0.3, -0.25) is 4.90 Å². The van der Waals surface area contributed by atoms with Gasteiger partial charge in [-0.05, 0) is 58.6 Å². The number of nitrogens with one attached hydrogen (secondary N) is 1. The molecule has 0 amide bonds. The van der Waals surface area contributed by atoms with Crippen molar-refractivity contribution in [1.29, 1.82) is 0 Å². The van der Waals surface area contributed by atoms with Crippen molar-refractivity contribution < 1.29 is 0 Å². The summed E-state index contributed by atoms with van der Waals surface area (Å²) in [6.07, 6.45) is 0. The van der Waals surface area contributed by atoms with Crippen molar-refractivity contribution in [2.45, 2.75) is 6.54 Å². The van der Waals surface area contributed by atoms with E-state index < -0.39 is 0 Å². The number of hydrogen-bond donors (Lipinski definition) is 1. The van der Waals surface area contributed by atoms with Crippen LogP contribution in [0.15, 0.2) is 22.7 Å². The lowest BCUT2D eigenvalue weighted by atomic mass is 10.0. The summed E-state index contributed by atoms with van der Waals surface area (Å²) >= 11 is 9.55. The molecule has 92 valence electrons. The van der Waals surface area contributed by atoms with Gasteiger partial charge in [-0.1, -0.05) is 17.7 Å². The van der Waals surface area contributed by atoms with Gasteiger partial charge >= 0.3 is 0 Å². The van der Waals surface area contributed by atoms with Gasteiger partial charge in [0.05, 0.1) is 5.02 Å². The monoisotopic (exact) mass is 314 g/mol. The fourth-order valence-electron chi connectivity index (χ4n) is 2.98. The van der Waals surface area contributed by atoms with Gasteiger partial charge in [0.1, 0.15) is 0 Å². The number of fused-ring (bicyclic) bond motifs is 1. The van der Waals surface area contributed by atoms with Gasteiger partial charge in [-0.25, -0.2) is 0 Å². The third kappa shape index (κ3) is 2.53. The second kappa shape index (κ2) is 4.88. The van der Waals surface area contributed by atoms with E-state index in [1.807, 2.05) is 6.07 Å². The molecule has 0 aromatic heterocycles. The van der Waals surface area contributed by atoms with Crippen LogP contribution in [0, 0.1) is 11.8 Å². The zero-order chi connectivity index (χ0) is 11.8. The Morgan fingerprint density at radius 2 is 2.00 bits per heavy atom. The third-order valence-corrected chi connectivity index (χ3v) is 5.09. The SMILES string of the molecule is Clc1cc(CN2CC3CNCC3C2)ccc1Br. The Morgan fingerprint density at radius 3 is 2.65 bits per heavy atom. The molecule has 0 bridgehead atoms. The molecular formula is C13H16BrClN2. The van der Waals surface area contributed by atoms with Crippen LogP contribution in [-0.4, -0.2) is 31.1 Å². The van der Waals surface area contributed by atoms with Crippen LogP contribution in [0.5, 0.6) is 0 Å². The molecule has 0 radical (unpaired) electrons. The first-order valence-corrected chi connectivity index (χ1v) is 7.26. The molecule has 2 aliphatic rings. The summed E-state index contributed by atoms with van der Waals surface area (Å²) in [5.74, 6) is 1.72. The molecule has 3 rings (SSSR count). The normalized spacial score (nSPS) is 28.6. The highest BCUT2D eigenvalue weighted by molar-refractivity contribution is 9.10. The first kappa shape index (κ1) is 12.0. The fourth-order valence-corrected chi connectivity index (χ4v) is 3.43. The van der Waals surface area contributed by atoms with Crippen molar-refractivity contribution in [2.75, 3.05) is 26.2 Å². The second-order valence-corrected chi connectivity index (χ2v) is 6.38. The van der Waals surface area contributed by atoms with Crippen LogP contribution < -0.4 is 5.32 Å². The first-order valence-electron chi connectivity index (χ1n) is 6.09. The Morgan fingerprint density at radius 1 is 1.29 bits per heavy atom. The Kier molecular flexibility index (Phi) is 3.44. The molecule has 2 nitrogen and oxygen atoms in total. The zero-order valence-electron chi connectivity index (χ0n) is 9.63. The minimum absolute atomic E-state index is 0.809. The van der Waals surface area contributed by atoms with Crippen molar-refractivity contribution >= 4 is 27.5 Å². The molecule has 2 heterocycles. The van der Waals surface area contributed by atoms with Gasteiger partial charge in [-0.15, -0.1) is 0 Å². The second-order valence-electron chi connectivity index (χ2n) is 5.12. The Hall–Kier alpha value is -0.0900. The highest BCUT2D eigenvalue weighted by Crippen LogP contribution is 2.29. The fraction of sp³-hybridized carbons (Fsp3) is 0.538. The van der Waals surface area contributed by atoms with Crippen LogP contribution in [0.3, 0.4) is 0 Å². The van der Waals surface area contributed by atoms with Gasteiger partial charge < -0.3 is 5.32 Å². The van der Waals surface area contributed by atoms with Crippen LogP contribution in [0.1, 0.15) is 5.56 Å². The van der Waals surface area contributed by atoms with Gasteiger partial charge in [0, 0.05) is 24.1 Å². The molecule has 1 N–H and O–H groups in total. The maximum absolute atomic E-state index is 6.12. The lowest BCUT2D eigenvalue weighted by Crippen LogP contribution is -2.25. The van der Waals surface area contributed by atoms with E-state index in [9.17, 15) is 0 Å². The van der Waals surface area contributed by atoms with Gasteiger partial charge in [-0.2, -0.15) is 0 Å².